The van der Waals surface area contributed by atoms with E-state index in [-0.39, 0.29) is 5.76 Å². The molecule has 1 aliphatic carbocycles. The maximum Gasteiger partial charge on any atom is 0.344 e. The molecule has 3 rings (SSSR count). The minimum absolute atomic E-state index is 0.256. The Morgan fingerprint density at radius 2 is 2.06 bits per heavy atom. The van der Waals surface area contributed by atoms with Gasteiger partial charge in [0, 0.05) is 23.7 Å². The first-order valence-corrected chi connectivity index (χ1v) is 5.90. The van der Waals surface area contributed by atoms with Crippen molar-refractivity contribution in [3.05, 3.63) is 45.7 Å². The fraction of sp³-hybridized carbons (Fsp3) is 0.214. The van der Waals surface area contributed by atoms with Gasteiger partial charge in [-0.1, -0.05) is 6.07 Å². The van der Waals surface area contributed by atoms with Crippen LogP contribution in [0.15, 0.2) is 33.2 Å². The summed E-state index contributed by atoms with van der Waals surface area (Å²) >= 11 is 0. The van der Waals surface area contributed by atoms with Crippen LogP contribution in [-0.2, 0) is 6.42 Å². The number of hydrogen-bond donors (Lipinski definition) is 2. The van der Waals surface area contributed by atoms with Gasteiger partial charge in [0.25, 0.3) is 0 Å². The number of rotatable bonds is 0. The van der Waals surface area contributed by atoms with Crippen molar-refractivity contribution in [2.75, 3.05) is 5.73 Å². The Hall–Kier alpha value is -2.23. The Bertz CT molecular complexity index is 713. The zero-order valence-corrected chi connectivity index (χ0v) is 9.77. The van der Waals surface area contributed by atoms with Crippen LogP contribution in [0.5, 0.6) is 0 Å². The monoisotopic (exact) mass is 243 g/mol. The molecular formula is C14H13NO3. The molecule has 1 aromatic heterocycles. The Morgan fingerprint density at radius 1 is 1.22 bits per heavy atom. The molecule has 0 aliphatic heterocycles. The highest BCUT2D eigenvalue weighted by Gasteiger charge is 2.15. The first-order chi connectivity index (χ1) is 8.65. The van der Waals surface area contributed by atoms with Gasteiger partial charge in [-0.3, -0.25) is 0 Å². The first-order valence-electron chi connectivity index (χ1n) is 5.90. The zero-order valence-electron chi connectivity index (χ0n) is 9.77. The molecule has 0 bridgehead atoms. The summed E-state index contributed by atoms with van der Waals surface area (Å²) in [6, 6.07) is 5.25. The average Bonchev–Trinajstić information content (AvgIpc) is 2.50. The van der Waals surface area contributed by atoms with Crippen LogP contribution in [0.4, 0.5) is 5.69 Å². The van der Waals surface area contributed by atoms with Crippen LogP contribution in [-0.4, -0.2) is 5.11 Å². The Morgan fingerprint density at radius 3 is 2.89 bits per heavy atom. The number of aryl methyl sites for hydroxylation is 1. The number of anilines is 1. The van der Waals surface area contributed by atoms with Crippen molar-refractivity contribution in [2.45, 2.75) is 19.3 Å². The van der Waals surface area contributed by atoms with E-state index >= 15 is 0 Å². The van der Waals surface area contributed by atoms with E-state index in [1.807, 2.05) is 6.07 Å². The molecule has 0 atom stereocenters. The van der Waals surface area contributed by atoms with Crippen LogP contribution in [0.1, 0.15) is 24.2 Å². The Kier molecular flexibility index (Phi) is 2.37. The molecule has 0 saturated carbocycles. The molecule has 0 amide bonds. The maximum absolute atomic E-state index is 11.9. The van der Waals surface area contributed by atoms with E-state index in [4.69, 9.17) is 10.2 Å². The number of aliphatic hydroxyl groups is 1. The molecule has 0 spiro atoms. The molecule has 18 heavy (non-hydrogen) atoms. The third-order valence-electron chi connectivity index (χ3n) is 3.25. The van der Waals surface area contributed by atoms with Gasteiger partial charge in [0.15, 0.2) is 0 Å². The van der Waals surface area contributed by atoms with Gasteiger partial charge in [0.1, 0.15) is 5.76 Å². The lowest BCUT2D eigenvalue weighted by Crippen LogP contribution is -2.05. The highest BCUT2D eigenvalue weighted by Crippen LogP contribution is 2.27. The van der Waals surface area contributed by atoms with Gasteiger partial charge in [-0.25, -0.2) is 4.79 Å². The molecule has 0 unspecified atom stereocenters. The van der Waals surface area contributed by atoms with Crippen LogP contribution >= 0.6 is 0 Å². The highest BCUT2D eigenvalue weighted by molar-refractivity contribution is 5.88. The number of nitrogens with two attached hydrogens (primary N) is 1. The van der Waals surface area contributed by atoms with E-state index in [1.54, 1.807) is 18.2 Å². The third-order valence-corrected chi connectivity index (χ3v) is 3.25. The second-order valence-corrected chi connectivity index (χ2v) is 4.53. The van der Waals surface area contributed by atoms with Gasteiger partial charge in [0.05, 0.1) is 11.1 Å². The van der Waals surface area contributed by atoms with Gasteiger partial charge in [0.2, 0.25) is 0 Å². The van der Waals surface area contributed by atoms with Crippen LogP contribution in [0.2, 0.25) is 0 Å². The van der Waals surface area contributed by atoms with Crippen molar-refractivity contribution in [2.24, 2.45) is 0 Å². The third kappa shape index (κ3) is 1.66. The van der Waals surface area contributed by atoms with E-state index in [0.717, 1.165) is 23.8 Å². The topological polar surface area (TPSA) is 76.5 Å². The summed E-state index contributed by atoms with van der Waals surface area (Å²) in [5, 5.41) is 11.0. The summed E-state index contributed by atoms with van der Waals surface area (Å²) in [5.41, 5.74) is 6.78. The van der Waals surface area contributed by atoms with Crippen molar-refractivity contribution in [1.82, 2.24) is 0 Å². The predicted octanol–water partition coefficient (Wildman–Crippen LogP) is 2.61. The van der Waals surface area contributed by atoms with E-state index < -0.39 is 5.63 Å². The molecule has 0 fully saturated rings. The molecular weight excluding hydrogens is 230 g/mol. The van der Waals surface area contributed by atoms with Crippen LogP contribution in [0, 0.1) is 0 Å². The summed E-state index contributed by atoms with van der Waals surface area (Å²) in [4.78, 5) is 11.9. The predicted molar refractivity (Wildman–Crippen MR) is 70.4 cm³/mol. The molecule has 4 heteroatoms. The number of nitrogen functional groups attached to an aromatic ring is 1. The SMILES string of the molecule is Nc1ccc2c3c(oc(=O)c2c1)C=C(O)CCC3. The van der Waals surface area contributed by atoms with E-state index in [2.05, 4.69) is 0 Å². The molecule has 1 aromatic carbocycles. The standard InChI is InChI=1S/C14H13NO3/c15-8-4-5-10-11-3-1-2-9(16)7-13(11)18-14(17)12(10)6-8/h4-7,16H,1-3,15H2. The summed E-state index contributed by atoms with van der Waals surface area (Å²) in [5.74, 6) is 0.721. The van der Waals surface area contributed by atoms with Gasteiger partial charge < -0.3 is 15.3 Å². The second kappa shape index (κ2) is 3.91. The highest BCUT2D eigenvalue weighted by atomic mass is 16.4. The summed E-state index contributed by atoms with van der Waals surface area (Å²) in [6.07, 6.45) is 3.76. The van der Waals surface area contributed by atoms with Crippen molar-refractivity contribution in [1.29, 1.82) is 0 Å². The fourth-order valence-electron chi connectivity index (χ4n) is 2.39. The molecule has 1 heterocycles. The number of benzene rings is 1. The van der Waals surface area contributed by atoms with Crippen LogP contribution in [0.25, 0.3) is 16.8 Å². The summed E-state index contributed by atoms with van der Waals surface area (Å²) in [7, 11) is 0. The lowest BCUT2D eigenvalue weighted by atomic mass is 10.0. The Labute approximate surface area is 103 Å². The van der Waals surface area contributed by atoms with Gasteiger partial charge >= 0.3 is 5.63 Å². The van der Waals surface area contributed by atoms with E-state index in [0.29, 0.717) is 23.3 Å². The number of hydrogen-bond acceptors (Lipinski definition) is 4. The van der Waals surface area contributed by atoms with Gasteiger partial charge in [-0.05, 0) is 30.4 Å². The molecule has 1 aliphatic rings. The van der Waals surface area contributed by atoms with Crippen LogP contribution in [0.3, 0.4) is 0 Å². The van der Waals surface area contributed by atoms with Gasteiger partial charge in [-0.2, -0.15) is 0 Å². The number of allylic oxidation sites excluding steroid dienone is 1. The molecule has 92 valence electrons. The van der Waals surface area contributed by atoms with Crippen molar-refractivity contribution < 1.29 is 9.52 Å². The lowest BCUT2D eigenvalue weighted by molar-refractivity contribution is 0.390. The van der Waals surface area contributed by atoms with Crippen molar-refractivity contribution in [3.63, 3.8) is 0 Å². The van der Waals surface area contributed by atoms with E-state index in [1.165, 1.54) is 0 Å². The first kappa shape index (κ1) is 10.9. The zero-order chi connectivity index (χ0) is 12.7. The normalized spacial score (nSPS) is 15.0. The largest absolute Gasteiger partial charge is 0.512 e. The van der Waals surface area contributed by atoms with Crippen molar-refractivity contribution >= 4 is 22.5 Å². The molecule has 4 nitrogen and oxygen atoms in total. The molecule has 2 aromatic rings. The molecule has 0 radical (unpaired) electrons. The molecule has 0 saturated heterocycles. The average molecular weight is 243 g/mol. The fourth-order valence-corrected chi connectivity index (χ4v) is 2.39. The maximum atomic E-state index is 11.9. The summed E-state index contributed by atoms with van der Waals surface area (Å²) in [6.45, 7) is 0. The number of aliphatic hydroxyl groups excluding tert-OH is 1. The Balaban J connectivity index is 2.40. The van der Waals surface area contributed by atoms with E-state index in [9.17, 15) is 9.90 Å². The van der Waals surface area contributed by atoms with Crippen LogP contribution < -0.4 is 11.4 Å². The second-order valence-electron chi connectivity index (χ2n) is 4.53. The minimum Gasteiger partial charge on any atom is -0.512 e. The minimum atomic E-state index is -0.415. The smallest absolute Gasteiger partial charge is 0.344 e. The number of fused-ring (bicyclic) bond motifs is 3. The molecule has 3 N–H and O–H groups in total. The lowest BCUT2D eigenvalue weighted by Gasteiger charge is -2.07. The quantitative estimate of drug-likeness (QED) is 0.697. The van der Waals surface area contributed by atoms with Gasteiger partial charge in [-0.15, -0.1) is 0 Å². The van der Waals surface area contributed by atoms with Crippen molar-refractivity contribution in [3.8, 4) is 0 Å². The summed E-state index contributed by atoms with van der Waals surface area (Å²) < 4.78 is 5.27.